The zero-order chi connectivity index (χ0) is 24.6. The van der Waals surface area contributed by atoms with Crippen LogP contribution in [0.4, 0.5) is 27.9 Å². The molecular formula is C25H32FN7O2. The maximum absolute atomic E-state index is 14.2. The fraction of sp³-hybridized carbons (Fsp3) is 0.400. The molecule has 4 rings (SSSR count). The van der Waals surface area contributed by atoms with Gasteiger partial charge in [-0.3, -0.25) is 4.90 Å². The zero-order valence-electron chi connectivity index (χ0n) is 20.3. The van der Waals surface area contributed by atoms with Crippen molar-refractivity contribution in [1.29, 1.82) is 0 Å². The van der Waals surface area contributed by atoms with Crippen molar-refractivity contribution in [1.82, 2.24) is 19.9 Å². The van der Waals surface area contributed by atoms with Crippen molar-refractivity contribution in [2.24, 2.45) is 0 Å². The van der Waals surface area contributed by atoms with Crippen LogP contribution in [0.1, 0.15) is 25.3 Å². The number of halogens is 1. The van der Waals surface area contributed by atoms with E-state index in [-0.39, 0.29) is 5.75 Å². The second-order valence-electron chi connectivity index (χ2n) is 8.29. The molecule has 1 fully saturated rings. The first kappa shape index (κ1) is 24.5. The van der Waals surface area contributed by atoms with Gasteiger partial charge in [0.1, 0.15) is 5.75 Å². The van der Waals surface area contributed by atoms with Crippen LogP contribution in [0.15, 0.2) is 42.5 Å². The van der Waals surface area contributed by atoms with Crippen molar-refractivity contribution in [3.63, 3.8) is 0 Å². The monoisotopic (exact) mass is 481 g/mol. The normalized spacial score (nSPS) is 15.6. The second kappa shape index (κ2) is 11.7. The predicted octanol–water partition coefficient (Wildman–Crippen LogP) is 4.28. The Labute approximate surface area is 205 Å². The van der Waals surface area contributed by atoms with E-state index in [0.717, 1.165) is 37.4 Å². The van der Waals surface area contributed by atoms with Gasteiger partial charge in [0, 0.05) is 30.9 Å². The molecular weight excluding hydrogens is 449 g/mol. The first-order valence-corrected chi connectivity index (χ1v) is 11.8. The molecule has 0 radical (unpaired) electrons. The van der Waals surface area contributed by atoms with E-state index in [1.165, 1.54) is 19.6 Å². The second-order valence-corrected chi connectivity index (χ2v) is 8.29. The summed E-state index contributed by atoms with van der Waals surface area (Å²) in [6, 6.07) is 12.8. The molecule has 186 valence electrons. The highest BCUT2D eigenvalue weighted by atomic mass is 19.1. The summed E-state index contributed by atoms with van der Waals surface area (Å²) in [4.78, 5) is 16.0. The van der Waals surface area contributed by atoms with Crippen LogP contribution in [0.25, 0.3) is 0 Å². The minimum absolute atomic E-state index is 0.174. The quantitative estimate of drug-likeness (QED) is 0.371. The molecule has 35 heavy (non-hydrogen) atoms. The molecule has 0 bridgehead atoms. The van der Waals surface area contributed by atoms with Crippen LogP contribution >= 0.6 is 0 Å². The van der Waals surface area contributed by atoms with E-state index in [2.05, 4.69) is 42.7 Å². The number of anilines is 4. The van der Waals surface area contributed by atoms with Gasteiger partial charge in [0.15, 0.2) is 11.6 Å². The molecule has 3 N–H and O–H groups in total. The van der Waals surface area contributed by atoms with Gasteiger partial charge >= 0.3 is 0 Å². The molecule has 1 aliphatic heterocycles. The number of nitrogens with zero attached hydrogens (tertiary/aromatic N) is 4. The van der Waals surface area contributed by atoms with Crippen LogP contribution in [0, 0.1) is 5.82 Å². The number of aromatic nitrogens is 3. The van der Waals surface area contributed by atoms with Gasteiger partial charge < -0.3 is 25.4 Å². The lowest BCUT2D eigenvalue weighted by molar-refractivity contribution is 0.277. The number of likely N-dealkylation sites (tertiary alicyclic amines) is 1. The van der Waals surface area contributed by atoms with Gasteiger partial charge in [0.25, 0.3) is 0 Å². The lowest BCUT2D eigenvalue weighted by Gasteiger charge is -2.23. The van der Waals surface area contributed by atoms with E-state index < -0.39 is 5.82 Å². The van der Waals surface area contributed by atoms with Gasteiger partial charge in [0.05, 0.1) is 14.2 Å². The zero-order valence-corrected chi connectivity index (χ0v) is 20.3. The molecule has 3 aromatic rings. The smallest absolute Gasteiger partial charge is 0.233 e. The van der Waals surface area contributed by atoms with Crippen LogP contribution in [0.5, 0.6) is 11.5 Å². The molecule has 10 heteroatoms. The van der Waals surface area contributed by atoms with Crippen molar-refractivity contribution >= 4 is 23.5 Å². The maximum atomic E-state index is 14.2. The lowest BCUT2D eigenvalue weighted by Crippen LogP contribution is -2.35. The first-order valence-electron chi connectivity index (χ1n) is 11.8. The molecule has 9 nitrogen and oxygen atoms in total. The largest absolute Gasteiger partial charge is 0.497 e. The molecule has 1 unspecified atom stereocenters. The Kier molecular flexibility index (Phi) is 8.15. The van der Waals surface area contributed by atoms with Crippen LogP contribution in [-0.4, -0.2) is 59.7 Å². The molecule has 2 heterocycles. The summed E-state index contributed by atoms with van der Waals surface area (Å²) < 4.78 is 24.4. The number of likely N-dealkylation sites (N-methyl/N-ethyl adjacent to an activating group) is 1. The average Bonchev–Trinajstić information content (AvgIpc) is 3.34. The number of hydrogen-bond donors (Lipinski definition) is 3. The summed E-state index contributed by atoms with van der Waals surface area (Å²) in [5.41, 5.74) is 1.56. The first-order chi connectivity index (χ1) is 17.1. The number of methoxy groups -OCH3 is 2. The average molecular weight is 482 g/mol. The van der Waals surface area contributed by atoms with E-state index in [1.807, 2.05) is 24.3 Å². The SMILES string of the molecule is CCN1CCCC1CNc1nc(NCc2ccc(OC)cc2)nc(Nc2ccc(OC)c(F)c2)n1. The van der Waals surface area contributed by atoms with E-state index in [1.54, 1.807) is 19.2 Å². The highest BCUT2D eigenvalue weighted by Crippen LogP contribution is 2.24. The Morgan fingerprint density at radius 1 is 0.971 bits per heavy atom. The van der Waals surface area contributed by atoms with E-state index in [0.29, 0.717) is 36.1 Å². The third kappa shape index (κ3) is 6.48. The molecule has 1 atom stereocenters. The molecule has 0 saturated carbocycles. The Hall–Kier alpha value is -3.66. The maximum Gasteiger partial charge on any atom is 0.233 e. The predicted molar refractivity (Wildman–Crippen MR) is 135 cm³/mol. The van der Waals surface area contributed by atoms with Crippen molar-refractivity contribution in [3.8, 4) is 11.5 Å². The molecule has 1 aromatic heterocycles. The highest BCUT2D eigenvalue weighted by Gasteiger charge is 2.23. The summed E-state index contributed by atoms with van der Waals surface area (Å²) in [5.74, 6) is 1.68. The van der Waals surface area contributed by atoms with Crippen molar-refractivity contribution in [3.05, 3.63) is 53.8 Å². The third-order valence-corrected chi connectivity index (χ3v) is 6.05. The van der Waals surface area contributed by atoms with Crippen molar-refractivity contribution < 1.29 is 13.9 Å². The number of rotatable bonds is 11. The van der Waals surface area contributed by atoms with E-state index in [4.69, 9.17) is 9.47 Å². The molecule has 1 saturated heterocycles. The van der Waals surface area contributed by atoms with Gasteiger partial charge in [-0.2, -0.15) is 15.0 Å². The standard InChI is InChI=1S/C25H32FN7O2/c1-4-33-13-5-6-19(33)16-28-24-30-23(27-15-17-7-10-20(34-2)11-8-17)31-25(32-24)29-18-9-12-22(35-3)21(26)14-18/h7-12,14,19H,4-6,13,15-16H2,1-3H3,(H3,27,28,29,30,31,32). The fourth-order valence-electron chi connectivity index (χ4n) is 4.14. The van der Waals surface area contributed by atoms with E-state index >= 15 is 0 Å². The van der Waals surface area contributed by atoms with Crippen LogP contribution in [0.3, 0.4) is 0 Å². The number of benzene rings is 2. The summed E-state index contributed by atoms with van der Waals surface area (Å²) in [6.07, 6.45) is 2.34. The number of ether oxygens (including phenoxy) is 2. The summed E-state index contributed by atoms with van der Waals surface area (Å²) >= 11 is 0. The van der Waals surface area contributed by atoms with Gasteiger partial charge in [-0.25, -0.2) is 4.39 Å². The molecule has 0 amide bonds. The third-order valence-electron chi connectivity index (χ3n) is 6.05. The summed E-state index contributed by atoms with van der Waals surface area (Å²) in [6.45, 7) is 5.58. The molecule has 0 spiro atoms. The van der Waals surface area contributed by atoms with E-state index in [9.17, 15) is 4.39 Å². The van der Waals surface area contributed by atoms with Gasteiger partial charge in [-0.1, -0.05) is 19.1 Å². The molecule has 2 aromatic carbocycles. The highest BCUT2D eigenvalue weighted by molar-refractivity contribution is 5.57. The topological polar surface area (TPSA) is 96.5 Å². The Morgan fingerprint density at radius 3 is 2.40 bits per heavy atom. The van der Waals surface area contributed by atoms with Crippen LogP contribution < -0.4 is 25.4 Å². The minimum atomic E-state index is -0.469. The van der Waals surface area contributed by atoms with Gasteiger partial charge in [-0.15, -0.1) is 0 Å². The Morgan fingerprint density at radius 2 is 1.71 bits per heavy atom. The molecule has 1 aliphatic rings. The van der Waals surface area contributed by atoms with Gasteiger partial charge in [-0.05, 0) is 55.8 Å². The summed E-state index contributed by atoms with van der Waals surface area (Å²) in [5, 5.41) is 9.69. The Balaban J connectivity index is 1.51. The van der Waals surface area contributed by atoms with Crippen molar-refractivity contribution in [2.45, 2.75) is 32.4 Å². The fourth-order valence-corrected chi connectivity index (χ4v) is 4.14. The van der Waals surface area contributed by atoms with Gasteiger partial charge in [0.2, 0.25) is 17.8 Å². The lowest BCUT2D eigenvalue weighted by atomic mass is 10.2. The number of nitrogens with one attached hydrogen (secondary N) is 3. The Bertz CT molecular complexity index is 1110. The molecule has 0 aliphatic carbocycles. The van der Waals surface area contributed by atoms with Crippen LogP contribution in [0.2, 0.25) is 0 Å². The summed E-state index contributed by atoms with van der Waals surface area (Å²) in [7, 11) is 3.07. The number of hydrogen-bond acceptors (Lipinski definition) is 9. The van der Waals surface area contributed by atoms with Crippen molar-refractivity contribution in [2.75, 3.05) is 49.8 Å². The van der Waals surface area contributed by atoms with Crippen LogP contribution in [-0.2, 0) is 6.54 Å². The minimum Gasteiger partial charge on any atom is -0.497 e.